The van der Waals surface area contributed by atoms with E-state index in [4.69, 9.17) is 16.3 Å². The summed E-state index contributed by atoms with van der Waals surface area (Å²) in [6.07, 6.45) is 1.62. The molecular formula is C24H23ClN2O2S. The van der Waals surface area contributed by atoms with E-state index in [0.29, 0.717) is 17.4 Å². The number of carbonyl (C=O) groups is 1. The molecule has 4 nitrogen and oxygen atoms in total. The van der Waals surface area contributed by atoms with Crippen molar-refractivity contribution in [2.24, 2.45) is 5.10 Å². The van der Waals surface area contributed by atoms with Crippen molar-refractivity contribution >= 4 is 35.5 Å². The van der Waals surface area contributed by atoms with Gasteiger partial charge in [-0.1, -0.05) is 53.6 Å². The molecule has 0 spiro atoms. The highest BCUT2D eigenvalue weighted by Gasteiger charge is 2.01. The van der Waals surface area contributed by atoms with Crippen LogP contribution in [0.5, 0.6) is 5.75 Å². The minimum absolute atomic E-state index is 0.119. The van der Waals surface area contributed by atoms with Crippen LogP contribution in [0.25, 0.3) is 0 Å². The number of thioether (sulfide) groups is 1. The molecule has 3 rings (SSSR count). The average molecular weight is 439 g/mol. The van der Waals surface area contributed by atoms with E-state index < -0.39 is 0 Å². The molecule has 0 unspecified atom stereocenters. The molecule has 0 bridgehead atoms. The first kappa shape index (κ1) is 21.9. The van der Waals surface area contributed by atoms with Gasteiger partial charge in [0.2, 0.25) is 5.91 Å². The molecule has 0 aliphatic heterocycles. The lowest BCUT2D eigenvalue weighted by Crippen LogP contribution is -2.19. The number of carbonyl (C=O) groups excluding carboxylic acids is 1. The van der Waals surface area contributed by atoms with Gasteiger partial charge in [-0.3, -0.25) is 4.79 Å². The van der Waals surface area contributed by atoms with Gasteiger partial charge in [-0.25, -0.2) is 5.43 Å². The Labute approximate surface area is 186 Å². The molecule has 3 aromatic rings. The standard InChI is InChI=1S/C24H23ClN2O2S/c1-18-2-4-21(5-3-18)16-30-17-24(28)27-26-14-19-8-12-23(13-9-19)29-15-20-6-10-22(25)11-7-20/h2-14H,15-17H2,1H3,(H,27,28)/b26-14-. The van der Waals surface area contributed by atoms with E-state index >= 15 is 0 Å². The minimum Gasteiger partial charge on any atom is -0.489 e. The van der Waals surface area contributed by atoms with Crippen LogP contribution in [0, 0.1) is 6.92 Å². The fourth-order valence-corrected chi connectivity index (χ4v) is 3.46. The predicted molar refractivity (Wildman–Crippen MR) is 125 cm³/mol. The van der Waals surface area contributed by atoms with Crippen molar-refractivity contribution in [1.82, 2.24) is 5.43 Å². The Kier molecular flexibility index (Phi) is 8.36. The third-order valence-corrected chi connectivity index (χ3v) is 5.48. The quantitative estimate of drug-likeness (QED) is 0.349. The number of hydrogen-bond acceptors (Lipinski definition) is 4. The van der Waals surface area contributed by atoms with Crippen molar-refractivity contribution in [3.05, 3.63) is 100 Å². The number of rotatable bonds is 9. The fourth-order valence-electron chi connectivity index (χ4n) is 2.55. The first-order valence-electron chi connectivity index (χ1n) is 9.51. The summed E-state index contributed by atoms with van der Waals surface area (Å²) in [6.45, 7) is 2.53. The van der Waals surface area contributed by atoms with E-state index in [2.05, 4.69) is 41.7 Å². The molecule has 1 N–H and O–H groups in total. The number of halogens is 1. The maximum absolute atomic E-state index is 11.9. The van der Waals surface area contributed by atoms with Gasteiger partial charge in [0.25, 0.3) is 0 Å². The maximum atomic E-state index is 11.9. The van der Waals surface area contributed by atoms with Gasteiger partial charge in [0.1, 0.15) is 12.4 Å². The normalized spacial score (nSPS) is 10.9. The third kappa shape index (κ3) is 7.58. The van der Waals surface area contributed by atoms with E-state index in [1.54, 1.807) is 18.0 Å². The molecular weight excluding hydrogens is 416 g/mol. The molecule has 0 atom stereocenters. The number of hydrazone groups is 1. The zero-order valence-corrected chi connectivity index (χ0v) is 18.2. The second-order valence-corrected chi connectivity index (χ2v) is 8.18. The average Bonchev–Trinajstić information content (AvgIpc) is 2.76. The molecule has 0 aliphatic carbocycles. The van der Waals surface area contributed by atoms with Gasteiger partial charge in [0.05, 0.1) is 12.0 Å². The topological polar surface area (TPSA) is 50.7 Å². The lowest BCUT2D eigenvalue weighted by molar-refractivity contribution is -0.118. The van der Waals surface area contributed by atoms with Gasteiger partial charge >= 0.3 is 0 Å². The number of nitrogens with one attached hydrogen (secondary N) is 1. The molecule has 154 valence electrons. The summed E-state index contributed by atoms with van der Waals surface area (Å²) in [4.78, 5) is 11.9. The van der Waals surface area contributed by atoms with Gasteiger partial charge in [0, 0.05) is 10.8 Å². The Morgan fingerprint density at radius 1 is 1.00 bits per heavy atom. The smallest absolute Gasteiger partial charge is 0.250 e. The van der Waals surface area contributed by atoms with Crippen LogP contribution in [0.3, 0.4) is 0 Å². The van der Waals surface area contributed by atoms with Gasteiger partial charge < -0.3 is 4.74 Å². The number of ether oxygens (including phenoxy) is 1. The van der Waals surface area contributed by atoms with Crippen LogP contribution >= 0.6 is 23.4 Å². The van der Waals surface area contributed by atoms with Crippen LogP contribution in [0.4, 0.5) is 0 Å². The molecule has 0 fully saturated rings. The highest BCUT2D eigenvalue weighted by molar-refractivity contribution is 7.99. The summed E-state index contributed by atoms with van der Waals surface area (Å²) in [6, 6.07) is 23.4. The van der Waals surface area contributed by atoms with Crippen LogP contribution in [0.15, 0.2) is 77.9 Å². The van der Waals surface area contributed by atoms with E-state index in [9.17, 15) is 4.79 Å². The van der Waals surface area contributed by atoms with Crippen LogP contribution in [0.2, 0.25) is 5.02 Å². The number of hydrogen-bond donors (Lipinski definition) is 1. The summed E-state index contributed by atoms with van der Waals surface area (Å²) in [7, 11) is 0. The number of aryl methyl sites for hydroxylation is 1. The second kappa shape index (κ2) is 11.4. The molecule has 0 aromatic heterocycles. The Morgan fingerprint density at radius 3 is 2.37 bits per heavy atom. The van der Waals surface area contributed by atoms with Crippen molar-refractivity contribution in [3.8, 4) is 5.75 Å². The predicted octanol–water partition coefficient (Wildman–Crippen LogP) is 5.61. The van der Waals surface area contributed by atoms with Crippen molar-refractivity contribution < 1.29 is 9.53 Å². The van der Waals surface area contributed by atoms with E-state index in [1.807, 2.05) is 48.5 Å². The molecule has 0 saturated carbocycles. The van der Waals surface area contributed by atoms with Crippen molar-refractivity contribution in [1.29, 1.82) is 0 Å². The fraction of sp³-hybridized carbons (Fsp3) is 0.167. The zero-order valence-electron chi connectivity index (χ0n) is 16.7. The molecule has 6 heteroatoms. The molecule has 0 aliphatic rings. The monoisotopic (exact) mass is 438 g/mol. The largest absolute Gasteiger partial charge is 0.489 e. The maximum Gasteiger partial charge on any atom is 0.250 e. The van der Waals surface area contributed by atoms with Crippen LogP contribution in [-0.2, 0) is 17.2 Å². The molecule has 0 radical (unpaired) electrons. The summed E-state index contributed by atoms with van der Waals surface area (Å²) < 4.78 is 5.76. The van der Waals surface area contributed by atoms with Gasteiger partial charge in [0.15, 0.2) is 0 Å². The van der Waals surface area contributed by atoms with Gasteiger partial charge in [-0.15, -0.1) is 11.8 Å². The highest BCUT2D eigenvalue weighted by Crippen LogP contribution is 2.15. The van der Waals surface area contributed by atoms with E-state index in [0.717, 1.165) is 22.6 Å². The summed E-state index contributed by atoms with van der Waals surface area (Å²) in [5.74, 6) is 1.81. The summed E-state index contributed by atoms with van der Waals surface area (Å²) >= 11 is 7.44. The molecule has 30 heavy (non-hydrogen) atoms. The van der Waals surface area contributed by atoms with Crippen LogP contribution < -0.4 is 10.2 Å². The zero-order chi connectivity index (χ0) is 21.2. The summed E-state index contributed by atoms with van der Waals surface area (Å²) in [5.41, 5.74) is 6.93. The molecule has 1 amide bonds. The summed E-state index contributed by atoms with van der Waals surface area (Å²) in [5, 5.41) is 4.73. The van der Waals surface area contributed by atoms with E-state index in [1.165, 1.54) is 11.1 Å². The number of benzene rings is 3. The van der Waals surface area contributed by atoms with Gasteiger partial charge in [-0.05, 0) is 60.0 Å². The van der Waals surface area contributed by atoms with E-state index in [-0.39, 0.29) is 5.91 Å². The SMILES string of the molecule is Cc1ccc(CSCC(=O)N/N=C\c2ccc(OCc3ccc(Cl)cc3)cc2)cc1. The van der Waals surface area contributed by atoms with Gasteiger partial charge in [-0.2, -0.15) is 5.10 Å². The first-order chi connectivity index (χ1) is 14.6. The van der Waals surface area contributed by atoms with Crippen molar-refractivity contribution in [3.63, 3.8) is 0 Å². The highest BCUT2D eigenvalue weighted by atomic mass is 35.5. The first-order valence-corrected chi connectivity index (χ1v) is 11.0. The Morgan fingerprint density at radius 2 is 1.67 bits per heavy atom. The third-order valence-electron chi connectivity index (χ3n) is 4.22. The lowest BCUT2D eigenvalue weighted by atomic mass is 10.2. The lowest BCUT2D eigenvalue weighted by Gasteiger charge is -2.06. The Hall–Kier alpha value is -2.76. The van der Waals surface area contributed by atoms with Crippen molar-refractivity contribution in [2.45, 2.75) is 19.3 Å². The number of amides is 1. The minimum atomic E-state index is -0.119. The molecule has 3 aromatic carbocycles. The second-order valence-electron chi connectivity index (χ2n) is 6.76. The van der Waals surface area contributed by atoms with Crippen molar-refractivity contribution in [2.75, 3.05) is 5.75 Å². The Bertz CT molecular complexity index is 972. The van der Waals surface area contributed by atoms with Crippen LogP contribution in [-0.4, -0.2) is 17.9 Å². The van der Waals surface area contributed by atoms with Crippen LogP contribution in [0.1, 0.15) is 22.3 Å². The molecule has 0 heterocycles. The Balaban J connectivity index is 1.37. The number of nitrogens with zero attached hydrogens (tertiary/aromatic N) is 1. The molecule has 0 saturated heterocycles.